The van der Waals surface area contributed by atoms with Gasteiger partial charge in [-0.15, -0.1) is 10.2 Å². The number of thioether (sulfide) groups is 1. The molecule has 0 saturated carbocycles. The van der Waals surface area contributed by atoms with Gasteiger partial charge in [0.05, 0.1) is 12.4 Å². The third-order valence-corrected chi connectivity index (χ3v) is 5.09. The number of carbonyl (C=O) groups excluding carboxylic acids is 1. The Bertz CT molecular complexity index is 960. The normalized spacial score (nSPS) is 10.6. The number of para-hydroxylation sites is 1. The molecule has 2 aromatic carbocycles. The van der Waals surface area contributed by atoms with Gasteiger partial charge in [0.1, 0.15) is 6.61 Å². The van der Waals surface area contributed by atoms with Crippen molar-refractivity contribution in [3.63, 3.8) is 0 Å². The standard InChI is InChI=1S/C21H24N4O3S/c1-4-27-18-12-15(2)10-11-17(18)28-13-19-23-24-21(25(19)3)29-14-20(26)22-16-8-6-5-7-9-16/h5-12H,4,13-14H2,1-3H3,(H,22,26). The lowest BCUT2D eigenvalue weighted by Gasteiger charge is -2.12. The van der Waals surface area contributed by atoms with E-state index in [1.54, 1.807) is 0 Å². The lowest BCUT2D eigenvalue weighted by atomic mass is 10.2. The molecule has 29 heavy (non-hydrogen) atoms. The van der Waals surface area contributed by atoms with Crippen molar-refractivity contribution in [1.29, 1.82) is 0 Å². The van der Waals surface area contributed by atoms with Crippen LogP contribution < -0.4 is 14.8 Å². The summed E-state index contributed by atoms with van der Waals surface area (Å²) in [6, 6.07) is 15.2. The molecule has 8 heteroatoms. The summed E-state index contributed by atoms with van der Waals surface area (Å²) in [7, 11) is 1.86. The number of aryl methyl sites for hydroxylation is 1. The molecule has 3 aromatic rings. The Balaban J connectivity index is 1.56. The van der Waals surface area contributed by atoms with Gasteiger partial charge < -0.3 is 19.4 Å². The number of benzene rings is 2. The van der Waals surface area contributed by atoms with E-state index in [4.69, 9.17) is 9.47 Å². The zero-order valence-corrected chi connectivity index (χ0v) is 17.5. The third kappa shape index (κ3) is 5.74. The fourth-order valence-corrected chi connectivity index (χ4v) is 3.32. The van der Waals surface area contributed by atoms with E-state index in [1.165, 1.54) is 11.8 Å². The largest absolute Gasteiger partial charge is 0.490 e. The maximum Gasteiger partial charge on any atom is 0.234 e. The van der Waals surface area contributed by atoms with Crippen LogP contribution in [0.5, 0.6) is 11.5 Å². The van der Waals surface area contributed by atoms with Crippen molar-refractivity contribution >= 4 is 23.4 Å². The Morgan fingerprint density at radius 1 is 1.10 bits per heavy atom. The van der Waals surface area contributed by atoms with Crippen LogP contribution in [0, 0.1) is 6.92 Å². The molecule has 0 aliphatic rings. The lowest BCUT2D eigenvalue weighted by Crippen LogP contribution is -2.14. The molecule has 0 fully saturated rings. The van der Waals surface area contributed by atoms with Gasteiger partial charge in [-0.3, -0.25) is 4.79 Å². The molecular formula is C21H24N4O3S. The number of hydrogen-bond acceptors (Lipinski definition) is 6. The minimum absolute atomic E-state index is 0.0944. The first-order valence-electron chi connectivity index (χ1n) is 9.29. The number of rotatable bonds is 9. The highest BCUT2D eigenvalue weighted by Gasteiger charge is 2.13. The molecule has 0 aliphatic carbocycles. The number of hydrogen-bond donors (Lipinski definition) is 1. The van der Waals surface area contributed by atoms with Crippen LogP contribution in [-0.2, 0) is 18.4 Å². The topological polar surface area (TPSA) is 78.3 Å². The first kappa shape index (κ1) is 20.7. The molecule has 0 aliphatic heterocycles. The molecule has 152 valence electrons. The van der Waals surface area contributed by atoms with E-state index in [-0.39, 0.29) is 18.3 Å². The van der Waals surface area contributed by atoms with Gasteiger partial charge in [0, 0.05) is 12.7 Å². The molecular weight excluding hydrogens is 388 g/mol. The smallest absolute Gasteiger partial charge is 0.234 e. The Kier molecular flexibility index (Phi) is 7.13. The fourth-order valence-electron chi connectivity index (χ4n) is 2.59. The highest BCUT2D eigenvalue weighted by atomic mass is 32.2. The van der Waals surface area contributed by atoms with Gasteiger partial charge in [-0.25, -0.2) is 0 Å². The predicted octanol–water partition coefficient (Wildman–Crippen LogP) is 3.83. The molecule has 1 N–H and O–H groups in total. The summed E-state index contributed by atoms with van der Waals surface area (Å²) in [5.41, 5.74) is 1.88. The number of ether oxygens (including phenoxy) is 2. The van der Waals surface area contributed by atoms with Crippen LogP contribution in [0.2, 0.25) is 0 Å². The Labute approximate surface area is 174 Å². The zero-order valence-electron chi connectivity index (χ0n) is 16.7. The summed E-state index contributed by atoms with van der Waals surface area (Å²) in [4.78, 5) is 12.1. The summed E-state index contributed by atoms with van der Waals surface area (Å²) < 4.78 is 13.4. The third-order valence-electron chi connectivity index (χ3n) is 4.07. The van der Waals surface area contributed by atoms with Crippen LogP contribution in [0.1, 0.15) is 18.3 Å². The van der Waals surface area contributed by atoms with Gasteiger partial charge in [0.2, 0.25) is 5.91 Å². The number of nitrogens with one attached hydrogen (secondary N) is 1. The second-order valence-electron chi connectivity index (χ2n) is 6.33. The monoisotopic (exact) mass is 412 g/mol. The van der Waals surface area contributed by atoms with E-state index in [2.05, 4.69) is 15.5 Å². The summed E-state index contributed by atoms with van der Waals surface area (Å²) in [5.74, 6) is 2.19. The van der Waals surface area contributed by atoms with Crippen molar-refractivity contribution in [2.45, 2.75) is 25.6 Å². The lowest BCUT2D eigenvalue weighted by molar-refractivity contribution is -0.113. The van der Waals surface area contributed by atoms with Crippen molar-refractivity contribution in [3.8, 4) is 11.5 Å². The van der Waals surface area contributed by atoms with Crippen LogP contribution >= 0.6 is 11.8 Å². The quantitative estimate of drug-likeness (QED) is 0.538. The molecule has 1 heterocycles. The fraction of sp³-hybridized carbons (Fsp3) is 0.286. The molecule has 0 saturated heterocycles. The second-order valence-corrected chi connectivity index (χ2v) is 7.28. The molecule has 0 spiro atoms. The van der Waals surface area contributed by atoms with Gasteiger partial charge in [0.15, 0.2) is 22.5 Å². The van der Waals surface area contributed by atoms with E-state index in [1.807, 2.05) is 74.0 Å². The summed E-state index contributed by atoms with van der Waals surface area (Å²) >= 11 is 1.33. The number of amides is 1. The average molecular weight is 413 g/mol. The Morgan fingerprint density at radius 3 is 2.66 bits per heavy atom. The van der Waals surface area contributed by atoms with Crippen LogP contribution in [0.4, 0.5) is 5.69 Å². The molecule has 1 aromatic heterocycles. The molecule has 0 atom stereocenters. The second kappa shape index (κ2) is 9.97. The first-order chi connectivity index (χ1) is 14.1. The molecule has 0 radical (unpaired) electrons. The molecule has 0 bridgehead atoms. The van der Waals surface area contributed by atoms with Crippen LogP contribution in [0.15, 0.2) is 53.7 Å². The van der Waals surface area contributed by atoms with Gasteiger partial charge in [-0.2, -0.15) is 0 Å². The molecule has 3 rings (SSSR count). The number of nitrogens with zero attached hydrogens (tertiary/aromatic N) is 3. The summed E-state index contributed by atoms with van der Waals surface area (Å²) in [6.07, 6.45) is 0. The van der Waals surface area contributed by atoms with Gasteiger partial charge in [0.25, 0.3) is 0 Å². The van der Waals surface area contributed by atoms with Crippen molar-refractivity contribution in [3.05, 3.63) is 59.9 Å². The van der Waals surface area contributed by atoms with Crippen molar-refractivity contribution < 1.29 is 14.3 Å². The Morgan fingerprint density at radius 2 is 1.90 bits per heavy atom. The van der Waals surface area contributed by atoms with Crippen LogP contribution in [0.25, 0.3) is 0 Å². The van der Waals surface area contributed by atoms with Crippen LogP contribution in [0.3, 0.4) is 0 Å². The number of anilines is 1. The zero-order chi connectivity index (χ0) is 20.6. The maximum absolute atomic E-state index is 12.1. The SMILES string of the molecule is CCOc1cc(C)ccc1OCc1nnc(SCC(=O)Nc2ccccc2)n1C. The van der Waals surface area contributed by atoms with Crippen molar-refractivity contribution in [2.24, 2.45) is 7.05 Å². The van der Waals surface area contributed by atoms with E-state index < -0.39 is 0 Å². The van der Waals surface area contributed by atoms with E-state index in [0.29, 0.717) is 29.1 Å². The van der Waals surface area contributed by atoms with E-state index >= 15 is 0 Å². The summed E-state index contributed by atoms with van der Waals surface area (Å²) in [6.45, 7) is 4.76. The average Bonchev–Trinajstić information content (AvgIpc) is 3.06. The molecule has 1 amide bonds. The van der Waals surface area contributed by atoms with Gasteiger partial charge in [-0.05, 0) is 43.7 Å². The highest BCUT2D eigenvalue weighted by Crippen LogP contribution is 2.29. The number of carbonyl (C=O) groups is 1. The first-order valence-corrected chi connectivity index (χ1v) is 10.3. The minimum atomic E-state index is -0.0944. The van der Waals surface area contributed by atoms with Gasteiger partial charge >= 0.3 is 0 Å². The van der Waals surface area contributed by atoms with Crippen LogP contribution in [-0.4, -0.2) is 33.0 Å². The summed E-state index contributed by atoms with van der Waals surface area (Å²) in [5, 5.41) is 11.9. The van der Waals surface area contributed by atoms with Crippen molar-refractivity contribution in [2.75, 3.05) is 17.7 Å². The molecule has 0 unspecified atom stereocenters. The van der Waals surface area contributed by atoms with Crippen molar-refractivity contribution in [1.82, 2.24) is 14.8 Å². The Hall–Kier alpha value is -3.00. The maximum atomic E-state index is 12.1. The minimum Gasteiger partial charge on any atom is -0.490 e. The van der Waals surface area contributed by atoms with Gasteiger partial charge in [-0.1, -0.05) is 36.0 Å². The van der Waals surface area contributed by atoms with E-state index in [0.717, 1.165) is 11.3 Å². The molecule has 7 nitrogen and oxygen atoms in total. The van der Waals surface area contributed by atoms with E-state index in [9.17, 15) is 4.79 Å². The highest BCUT2D eigenvalue weighted by molar-refractivity contribution is 7.99. The number of aromatic nitrogens is 3. The predicted molar refractivity (Wildman–Crippen MR) is 113 cm³/mol.